The van der Waals surface area contributed by atoms with Gasteiger partial charge in [-0.15, -0.1) is 0 Å². The first kappa shape index (κ1) is 21.6. The van der Waals surface area contributed by atoms with E-state index in [1.165, 1.54) is 10.7 Å². The summed E-state index contributed by atoms with van der Waals surface area (Å²) in [6.07, 6.45) is 0. The lowest BCUT2D eigenvalue weighted by Crippen LogP contribution is -2.50. The fourth-order valence-corrected chi connectivity index (χ4v) is 3.95. The van der Waals surface area contributed by atoms with E-state index in [1.807, 2.05) is 56.3 Å². The lowest BCUT2D eigenvalue weighted by molar-refractivity contribution is -0.132. The van der Waals surface area contributed by atoms with E-state index >= 15 is 0 Å². The molecule has 2 heterocycles. The summed E-state index contributed by atoms with van der Waals surface area (Å²) in [6, 6.07) is 17.3. The summed E-state index contributed by atoms with van der Waals surface area (Å²) in [5.41, 5.74) is 4.70. The Hall–Kier alpha value is -3.61. The number of hydrogen-bond donors (Lipinski definition) is 0. The van der Waals surface area contributed by atoms with Gasteiger partial charge in [0.25, 0.3) is 5.56 Å². The van der Waals surface area contributed by atoms with Crippen LogP contribution in [0, 0.1) is 13.8 Å². The van der Waals surface area contributed by atoms with Crippen LogP contribution >= 0.6 is 0 Å². The fourth-order valence-electron chi connectivity index (χ4n) is 3.95. The Labute approximate surface area is 187 Å². The minimum absolute atomic E-state index is 0.0555. The van der Waals surface area contributed by atoms with Gasteiger partial charge in [0.05, 0.1) is 12.8 Å². The molecule has 1 aliphatic heterocycles. The van der Waals surface area contributed by atoms with Gasteiger partial charge in [-0.1, -0.05) is 17.7 Å². The molecule has 32 heavy (non-hydrogen) atoms. The summed E-state index contributed by atoms with van der Waals surface area (Å²) < 4.78 is 6.49. The van der Waals surface area contributed by atoms with Crippen molar-refractivity contribution in [3.05, 3.63) is 76.1 Å². The van der Waals surface area contributed by atoms with E-state index in [1.54, 1.807) is 18.1 Å². The average molecular weight is 433 g/mol. The van der Waals surface area contributed by atoms with E-state index in [2.05, 4.69) is 10.00 Å². The molecule has 7 nitrogen and oxygen atoms in total. The van der Waals surface area contributed by atoms with Crippen molar-refractivity contribution < 1.29 is 9.53 Å². The Morgan fingerprint density at radius 2 is 1.69 bits per heavy atom. The van der Waals surface area contributed by atoms with Crippen LogP contribution in [0.25, 0.3) is 11.3 Å². The highest BCUT2D eigenvalue weighted by atomic mass is 16.5. The van der Waals surface area contributed by atoms with Crippen LogP contribution in [-0.2, 0) is 11.3 Å². The van der Waals surface area contributed by atoms with Crippen molar-refractivity contribution in [3.63, 3.8) is 0 Å². The molecule has 0 bridgehead atoms. The van der Waals surface area contributed by atoms with Crippen molar-refractivity contribution in [2.24, 2.45) is 0 Å². The molecule has 0 N–H and O–H groups in total. The smallest absolute Gasteiger partial charge is 0.267 e. The van der Waals surface area contributed by atoms with Gasteiger partial charge in [-0.2, -0.15) is 5.10 Å². The average Bonchev–Trinajstić information content (AvgIpc) is 2.82. The van der Waals surface area contributed by atoms with E-state index in [0.29, 0.717) is 18.8 Å². The van der Waals surface area contributed by atoms with E-state index in [9.17, 15) is 9.59 Å². The molecule has 4 rings (SSSR count). The highest BCUT2D eigenvalue weighted by molar-refractivity contribution is 5.76. The zero-order valence-corrected chi connectivity index (χ0v) is 18.7. The molecular formula is C25H28N4O3. The van der Waals surface area contributed by atoms with Crippen molar-refractivity contribution in [3.8, 4) is 17.0 Å². The van der Waals surface area contributed by atoms with Crippen molar-refractivity contribution in [2.75, 3.05) is 38.2 Å². The SMILES string of the molecule is COc1ccc(N2CCN(C(=O)Cn3nc(-c4cc(C)ccc4C)ccc3=O)CC2)cc1. The predicted octanol–water partition coefficient (Wildman–Crippen LogP) is 2.88. The third-order valence-electron chi connectivity index (χ3n) is 5.89. The van der Waals surface area contributed by atoms with Gasteiger partial charge < -0.3 is 14.5 Å². The molecule has 1 saturated heterocycles. The minimum Gasteiger partial charge on any atom is -0.497 e. The van der Waals surface area contributed by atoms with E-state index in [0.717, 1.165) is 41.2 Å². The lowest BCUT2D eigenvalue weighted by Gasteiger charge is -2.36. The van der Waals surface area contributed by atoms with E-state index < -0.39 is 0 Å². The van der Waals surface area contributed by atoms with Gasteiger partial charge in [0, 0.05) is 43.5 Å². The molecular weight excluding hydrogens is 404 g/mol. The zero-order chi connectivity index (χ0) is 22.7. The number of anilines is 1. The minimum atomic E-state index is -0.274. The van der Waals surface area contributed by atoms with E-state index in [4.69, 9.17) is 4.74 Å². The Morgan fingerprint density at radius 1 is 0.969 bits per heavy atom. The number of carbonyl (C=O) groups is 1. The Kier molecular flexibility index (Phi) is 6.25. The molecule has 0 atom stereocenters. The number of aryl methyl sites for hydroxylation is 2. The van der Waals surface area contributed by atoms with Crippen LogP contribution < -0.4 is 15.2 Å². The van der Waals surface area contributed by atoms with Gasteiger partial charge in [-0.25, -0.2) is 4.68 Å². The van der Waals surface area contributed by atoms with Crippen molar-refractivity contribution in [1.82, 2.24) is 14.7 Å². The van der Waals surface area contributed by atoms with Crippen LogP contribution in [0.1, 0.15) is 11.1 Å². The predicted molar refractivity (Wildman–Crippen MR) is 125 cm³/mol. The number of piperazine rings is 1. The van der Waals surface area contributed by atoms with Crippen LogP contribution in [0.15, 0.2) is 59.4 Å². The Morgan fingerprint density at radius 3 is 2.38 bits per heavy atom. The zero-order valence-electron chi connectivity index (χ0n) is 18.7. The van der Waals surface area contributed by atoms with Crippen LogP contribution in [0.3, 0.4) is 0 Å². The maximum atomic E-state index is 12.9. The highest BCUT2D eigenvalue weighted by Gasteiger charge is 2.22. The molecule has 0 spiro atoms. The van der Waals surface area contributed by atoms with E-state index in [-0.39, 0.29) is 18.0 Å². The molecule has 1 fully saturated rings. The van der Waals surface area contributed by atoms with Crippen LogP contribution in [-0.4, -0.2) is 53.9 Å². The van der Waals surface area contributed by atoms with Gasteiger partial charge in [0.2, 0.25) is 5.91 Å². The number of nitrogens with zero attached hydrogens (tertiary/aromatic N) is 4. The molecule has 0 radical (unpaired) electrons. The number of hydrogen-bond acceptors (Lipinski definition) is 5. The van der Waals surface area contributed by atoms with Gasteiger partial charge in [-0.3, -0.25) is 9.59 Å². The van der Waals surface area contributed by atoms with Crippen molar-refractivity contribution in [1.29, 1.82) is 0 Å². The first-order valence-corrected chi connectivity index (χ1v) is 10.8. The number of amides is 1. The first-order valence-electron chi connectivity index (χ1n) is 10.8. The molecule has 166 valence electrons. The van der Waals surface area contributed by atoms with Crippen LogP contribution in [0.4, 0.5) is 5.69 Å². The number of ether oxygens (including phenoxy) is 1. The van der Waals surface area contributed by atoms with Gasteiger partial charge in [0.1, 0.15) is 12.3 Å². The summed E-state index contributed by atoms with van der Waals surface area (Å²) >= 11 is 0. The van der Waals surface area contributed by atoms with Crippen molar-refractivity contribution in [2.45, 2.75) is 20.4 Å². The molecule has 0 unspecified atom stereocenters. The molecule has 1 amide bonds. The Bertz CT molecular complexity index is 1160. The molecule has 1 aromatic heterocycles. The standard InChI is InChI=1S/C25H28N4O3/c1-18-4-5-19(2)22(16-18)23-10-11-24(30)29(26-23)17-25(31)28-14-12-27(13-15-28)20-6-8-21(32-3)9-7-20/h4-11,16H,12-15,17H2,1-3H3. The number of rotatable bonds is 5. The second kappa shape index (κ2) is 9.26. The highest BCUT2D eigenvalue weighted by Crippen LogP contribution is 2.22. The monoisotopic (exact) mass is 432 g/mol. The number of benzene rings is 2. The lowest BCUT2D eigenvalue weighted by atomic mass is 10.0. The maximum absolute atomic E-state index is 12.9. The van der Waals surface area contributed by atoms with Crippen LogP contribution in [0.2, 0.25) is 0 Å². The number of aromatic nitrogens is 2. The Balaban J connectivity index is 1.43. The quantitative estimate of drug-likeness (QED) is 0.620. The summed E-state index contributed by atoms with van der Waals surface area (Å²) in [5, 5.41) is 4.49. The summed E-state index contributed by atoms with van der Waals surface area (Å²) in [5.74, 6) is 0.732. The molecule has 0 aliphatic carbocycles. The summed E-state index contributed by atoms with van der Waals surface area (Å²) in [7, 11) is 1.65. The number of carbonyl (C=O) groups excluding carboxylic acids is 1. The van der Waals surface area contributed by atoms with Gasteiger partial charge >= 0.3 is 0 Å². The normalized spacial score (nSPS) is 13.8. The molecule has 3 aromatic rings. The second-order valence-corrected chi connectivity index (χ2v) is 8.10. The first-order chi connectivity index (χ1) is 15.4. The largest absolute Gasteiger partial charge is 0.497 e. The van der Waals surface area contributed by atoms with Gasteiger partial charge in [-0.05, 0) is 55.8 Å². The summed E-state index contributed by atoms with van der Waals surface area (Å²) in [6.45, 7) is 6.67. The summed E-state index contributed by atoms with van der Waals surface area (Å²) in [4.78, 5) is 29.3. The number of methoxy groups -OCH3 is 1. The molecule has 7 heteroatoms. The molecule has 1 aliphatic rings. The second-order valence-electron chi connectivity index (χ2n) is 8.10. The van der Waals surface area contributed by atoms with Crippen LogP contribution in [0.5, 0.6) is 5.75 Å². The molecule has 2 aromatic carbocycles. The fraction of sp³-hybridized carbons (Fsp3) is 0.320. The third-order valence-corrected chi connectivity index (χ3v) is 5.89. The molecule has 0 saturated carbocycles. The topological polar surface area (TPSA) is 67.7 Å². The van der Waals surface area contributed by atoms with Crippen molar-refractivity contribution >= 4 is 11.6 Å². The maximum Gasteiger partial charge on any atom is 0.267 e. The van der Waals surface area contributed by atoms with Gasteiger partial charge in [0.15, 0.2) is 0 Å². The third kappa shape index (κ3) is 4.66.